The lowest BCUT2D eigenvalue weighted by Gasteiger charge is -2.12. The molecule has 1 aromatic rings. The topological polar surface area (TPSA) is 54.4 Å². The van der Waals surface area contributed by atoms with Crippen LogP contribution in [-0.2, 0) is 15.0 Å². The molecule has 0 saturated heterocycles. The molecule has 1 aromatic carbocycles. The van der Waals surface area contributed by atoms with Gasteiger partial charge in [-0.3, -0.25) is 9.59 Å². The van der Waals surface area contributed by atoms with E-state index in [1.165, 1.54) is 0 Å². The first-order valence-electron chi connectivity index (χ1n) is 5.50. The fourth-order valence-electron chi connectivity index (χ4n) is 3.36. The Kier molecular flexibility index (Phi) is 1.76. The number of aliphatic carboxylic acids is 1. The van der Waals surface area contributed by atoms with E-state index in [-0.39, 0.29) is 11.7 Å². The number of benzene rings is 1. The molecule has 0 heterocycles. The van der Waals surface area contributed by atoms with E-state index in [1.807, 2.05) is 30.3 Å². The number of hydrogen-bond acceptors (Lipinski definition) is 2. The minimum absolute atomic E-state index is 0.0277. The standard InChI is InChI=1S/C13H12O3/c14-10-7-6-9-11(12(15)16)13(9,10)8-4-2-1-3-5-8/h1-5,9,11H,6-7H2,(H,15,16)/t9-,11-,13-/m0/s1. The summed E-state index contributed by atoms with van der Waals surface area (Å²) in [7, 11) is 0. The predicted molar refractivity (Wildman–Crippen MR) is 57.0 cm³/mol. The van der Waals surface area contributed by atoms with Crippen molar-refractivity contribution in [3.63, 3.8) is 0 Å². The highest BCUT2D eigenvalue weighted by Gasteiger charge is 2.75. The first kappa shape index (κ1) is 9.58. The Morgan fingerprint density at radius 1 is 1.31 bits per heavy atom. The Balaban J connectivity index is 2.10. The molecule has 0 aliphatic heterocycles. The Morgan fingerprint density at radius 2 is 2.00 bits per heavy atom. The molecule has 0 amide bonds. The van der Waals surface area contributed by atoms with Crippen molar-refractivity contribution in [3.05, 3.63) is 35.9 Å². The number of carboxylic acids is 1. The van der Waals surface area contributed by atoms with E-state index in [0.717, 1.165) is 12.0 Å². The average molecular weight is 216 g/mol. The molecule has 82 valence electrons. The second-order valence-electron chi connectivity index (χ2n) is 4.62. The number of carboxylic acid groups (broad SMARTS) is 1. The number of fused-ring (bicyclic) bond motifs is 1. The average Bonchev–Trinajstić information content (AvgIpc) is 2.87. The van der Waals surface area contributed by atoms with Gasteiger partial charge in [-0.15, -0.1) is 0 Å². The smallest absolute Gasteiger partial charge is 0.308 e. The Bertz CT molecular complexity index is 465. The molecule has 3 atom stereocenters. The second kappa shape index (κ2) is 2.94. The van der Waals surface area contributed by atoms with Crippen LogP contribution in [0.25, 0.3) is 0 Å². The van der Waals surface area contributed by atoms with Gasteiger partial charge >= 0.3 is 5.97 Å². The van der Waals surface area contributed by atoms with E-state index < -0.39 is 17.3 Å². The lowest BCUT2D eigenvalue weighted by atomic mass is 9.89. The van der Waals surface area contributed by atoms with Crippen LogP contribution in [0.15, 0.2) is 30.3 Å². The largest absolute Gasteiger partial charge is 0.481 e. The molecule has 3 nitrogen and oxygen atoms in total. The molecular weight excluding hydrogens is 204 g/mol. The Labute approximate surface area is 93.1 Å². The zero-order valence-corrected chi connectivity index (χ0v) is 8.72. The number of rotatable bonds is 2. The summed E-state index contributed by atoms with van der Waals surface area (Å²) in [6.45, 7) is 0. The van der Waals surface area contributed by atoms with E-state index in [1.54, 1.807) is 0 Å². The molecule has 3 rings (SSSR count). The summed E-state index contributed by atoms with van der Waals surface area (Å²) in [5, 5.41) is 9.15. The number of ketones is 1. The molecule has 2 aliphatic carbocycles. The van der Waals surface area contributed by atoms with Gasteiger partial charge in [0.05, 0.1) is 11.3 Å². The summed E-state index contributed by atoms with van der Waals surface area (Å²) in [5.74, 6) is -1.19. The monoisotopic (exact) mass is 216 g/mol. The van der Waals surface area contributed by atoms with E-state index in [0.29, 0.717) is 6.42 Å². The van der Waals surface area contributed by atoms with Gasteiger partial charge in [-0.1, -0.05) is 30.3 Å². The first-order chi connectivity index (χ1) is 7.69. The van der Waals surface area contributed by atoms with Crippen molar-refractivity contribution >= 4 is 11.8 Å². The molecule has 2 fully saturated rings. The molecular formula is C13H12O3. The van der Waals surface area contributed by atoms with Crippen molar-refractivity contribution in [2.45, 2.75) is 18.3 Å². The quantitative estimate of drug-likeness (QED) is 0.817. The van der Waals surface area contributed by atoms with Gasteiger partial charge in [0.15, 0.2) is 0 Å². The van der Waals surface area contributed by atoms with Crippen LogP contribution in [0.2, 0.25) is 0 Å². The maximum atomic E-state index is 12.0. The maximum absolute atomic E-state index is 12.0. The van der Waals surface area contributed by atoms with Gasteiger partial charge in [-0.25, -0.2) is 0 Å². The zero-order chi connectivity index (χ0) is 11.3. The van der Waals surface area contributed by atoms with Crippen LogP contribution in [0.3, 0.4) is 0 Å². The van der Waals surface area contributed by atoms with Gasteiger partial charge in [-0.2, -0.15) is 0 Å². The highest BCUT2D eigenvalue weighted by molar-refractivity contribution is 6.03. The van der Waals surface area contributed by atoms with Gasteiger partial charge < -0.3 is 5.11 Å². The first-order valence-corrected chi connectivity index (χ1v) is 5.50. The minimum atomic E-state index is -0.832. The van der Waals surface area contributed by atoms with E-state index in [2.05, 4.69) is 0 Å². The summed E-state index contributed by atoms with van der Waals surface area (Å²) in [5.41, 5.74) is 0.197. The summed E-state index contributed by atoms with van der Waals surface area (Å²) in [4.78, 5) is 23.1. The van der Waals surface area contributed by atoms with Gasteiger partial charge in [0.1, 0.15) is 5.78 Å². The molecule has 2 saturated carbocycles. The number of carbonyl (C=O) groups excluding carboxylic acids is 1. The predicted octanol–water partition coefficient (Wildman–Crippen LogP) is 1.62. The molecule has 0 radical (unpaired) electrons. The van der Waals surface area contributed by atoms with Crippen molar-refractivity contribution < 1.29 is 14.7 Å². The summed E-state index contributed by atoms with van der Waals surface area (Å²) in [6, 6.07) is 9.36. The lowest BCUT2D eigenvalue weighted by molar-refractivity contribution is -0.141. The van der Waals surface area contributed by atoms with Crippen LogP contribution in [0, 0.1) is 11.8 Å². The van der Waals surface area contributed by atoms with Crippen molar-refractivity contribution in [2.75, 3.05) is 0 Å². The van der Waals surface area contributed by atoms with E-state index in [4.69, 9.17) is 5.11 Å². The van der Waals surface area contributed by atoms with Crippen molar-refractivity contribution in [2.24, 2.45) is 11.8 Å². The normalized spacial score (nSPS) is 35.9. The molecule has 3 heteroatoms. The molecule has 0 unspecified atom stereocenters. The summed E-state index contributed by atoms with van der Waals surface area (Å²) < 4.78 is 0. The molecule has 0 aromatic heterocycles. The summed E-state index contributed by atoms with van der Waals surface area (Å²) >= 11 is 0. The van der Waals surface area contributed by atoms with Crippen LogP contribution < -0.4 is 0 Å². The Hall–Kier alpha value is -1.64. The lowest BCUT2D eigenvalue weighted by Crippen LogP contribution is -2.23. The van der Waals surface area contributed by atoms with E-state index >= 15 is 0 Å². The van der Waals surface area contributed by atoms with E-state index in [9.17, 15) is 9.59 Å². The fraction of sp³-hybridized carbons (Fsp3) is 0.385. The SMILES string of the molecule is O=C(O)[C@@H]1[C@@H]2CCC(=O)[C@@]12c1ccccc1. The van der Waals surface area contributed by atoms with Crippen LogP contribution in [0.4, 0.5) is 0 Å². The zero-order valence-electron chi connectivity index (χ0n) is 8.72. The second-order valence-corrected chi connectivity index (χ2v) is 4.62. The fourth-order valence-corrected chi connectivity index (χ4v) is 3.36. The third kappa shape index (κ3) is 0.932. The highest BCUT2D eigenvalue weighted by Crippen LogP contribution is 2.67. The minimum Gasteiger partial charge on any atom is -0.481 e. The van der Waals surface area contributed by atoms with Crippen LogP contribution in [0.1, 0.15) is 18.4 Å². The third-order valence-corrected chi connectivity index (χ3v) is 4.03. The molecule has 1 N–H and O–H groups in total. The van der Waals surface area contributed by atoms with Crippen LogP contribution in [-0.4, -0.2) is 16.9 Å². The summed E-state index contributed by atoms with van der Waals surface area (Å²) in [6.07, 6.45) is 1.26. The molecule has 0 bridgehead atoms. The Morgan fingerprint density at radius 3 is 2.56 bits per heavy atom. The van der Waals surface area contributed by atoms with Crippen LogP contribution >= 0.6 is 0 Å². The molecule has 0 spiro atoms. The van der Waals surface area contributed by atoms with Crippen molar-refractivity contribution in [1.29, 1.82) is 0 Å². The third-order valence-electron chi connectivity index (χ3n) is 4.03. The highest BCUT2D eigenvalue weighted by atomic mass is 16.4. The number of hydrogen-bond donors (Lipinski definition) is 1. The van der Waals surface area contributed by atoms with Gasteiger partial charge in [0.25, 0.3) is 0 Å². The maximum Gasteiger partial charge on any atom is 0.308 e. The van der Waals surface area contributed by atoms with Gasteiger partial charge in [0.2, 0.25) is 0 Å². The van der Waals surface area contributed by atoms with Gasteiger partial charge in [-0.05, 0) is 17.9 Å². The van der Waals surface area contributed by atoms with Crippen LogP contribution in [0.5, 0.6) is 0 Å². The molecule has 16 heavy (non-hydrogen) atoms. The molecule has 2 aliphatic rings. The van der Waals surface area contributed by atoms with Crippen molar-refractivity contribution in [1.82, 2.24) is 0 Å². The number of carbonyl (C=O) groups is 2. The van der Waals surface area contributed by atoms with Gasteiger partial charge in [0, 0.05) is 6.42 Å². The van der Waals surface area contributed by atoms with Crippen molar-refractivity contribution in [3.8, 4) is 0 Å². The number of Topliss-reactive ketones (excluding diaryl/α,β-unsaturated/α-hetero) is 1.